The molecule has 0 fully saturated rings. The highest BCUT2D eigenvalue weighted by Gasteiger charge is 2.22. The third-order valence-corrected chi connectivity index (χ3v) is 3.21. The lowest BCUT2D eigenvalue weighted by molar-refractivity contribution is 0.0525. The van der Waals surface area contributed by atoms with Crippen LogP contribution in [0.4, 0.5) is 0 Å². The van der Waals surface area contributed by atoms with Crippen molar-refractivity contribution < 1.29 is 14.3 Å². The number of unbranched alkanes of at least 4 members (excludes halogenated alkanes) is 2. The molecule has 5 heteroatoms. The van der Waals surface area contributed by atoms with E-state index >= 15 is 0 Å². The van der Waals surface area contributed by atoms with Gasteiger partial charge in [0, 0.05) is 12.2 Å². The summed E-state index contributed by atoms with van der Waals surface area (Å²) in [6.45, 7) is 8.38. The maximum Gasteiger partial charge on any atom is 0.340 e. The van der Waals surface area contributed by atoms with Gasteiger partial charge in [0.2, 0.25) is 0 Å². The molecule has 1 heterocycles. The minimum atomic E-state index is -0.385. The van der Waals surface area contributed by atoms with Gasteiger partial charge in [-0.3, -0.25) is 4.79 Å². The van der Waals surface area contributed by atoms with Crippen molar-refractivity contribution in [2.75, 3.05) is 13.2 Å². The van der Waals surface area contributed by atoms with E-state index in [-0.39, 0.29) is 11.9 Å². The molecule has 5 nitrogen and oxygen atoms in total. The lowest BCUT2D eigenvalue weighted by atomic mass is 10.1. The first-order chi connectivity index (χ1) is 9.52. The van der Waals surface area contributed by atoms with Gasteiger partial charge in [-0.1, -0.05) is 19.8 Å². The summed E-state index contributed by atoms with van der Waals surface area (Å²) in [6.07, 6.45) is 3.17. The number of aromatic nitrogens is 1. The minimum Gasteiger partial charge on any atom is -0.462 e. The normalized spacial score (nSPS) is 10.4. The van der Waals surface area contributed by atoms with Crippen molar-refractivity contribution in [3.63, 3.8) is 0 Å². The molecule has 112 valence electrons. The summed E-state index contributed by atoms with van der Waals surface area (Å²) in [6, 6.07) is 0. The molecule has 1 rings (SSSR count). The summed E-state index contributed by atoms with van der Waals surface area (Å²) in [4.78, 5) is 26.9. The van der Waals surface area contributed by atoms with Crippen molar-refractivity contribution in [3.05, 3.63) is 22.5 Å². The standard InChI is InChI=1S/C15H24N2O3/c1-5-7-8-9-16-14(18)13-10(3)12(11(4)17-13)15(19)20-6-2/h17H,5-9H2,1-4H3,(H,16,18). The Bertz CT molecular complexity index is 478. The Labute approximate surface area is 120 Å². The van der Waals surface area contributed by atoms with E-state index in [0.29, 0.717) is 35.7 Å². The van der Waals surface area contributed by atoms with Gasteiger partial charge < -0.3 is 15.0 Å². The predicted molar refractivity (Wildman–Crippen MR) is 78.1 cm³/mol. The molecule has 0 unspecified atom stereocenters. The SMILES string of the molecule is CCCCCNC(=O)c1[nH]c(C)c(C(=O)OCC)c1C. The molecule has 0 bridgehead atoms. The van der Waals surface area contributed by atoms with Gasteiger partial charge in [0.15, 0.2) is 0 Å². The van der Waals surface area contributed by atoms with Gasteiger partial charge in [0.1, 0.15) is 5.69 Å². The highest BCUT2D eigenvalue weighted by atomic mass is 16.5. The zero-order valence-electron chi connectivity index (χ0n) is 12.8. The van der Waals surface area contributed by atoms with Gasteiger partial charge in [-0.25, -0.2) is 4.79 Å². The van der Waals surface area contributed by atoms with Crippen molar-refractivity contribution in [2.45, 2.75) is 47.0 Å². The Morgan fingerprint density at radius 1 is 1.20 bits per heavy atom. The molecule has 0 aromatic carbocycles. The summed E-state index contributed by atoms with van der Waals surface area (Å²) in [5, 5.41) is 2.86. The quantitative estimate of drug-likeness (QED) is 0.596. The number of nitrogens with one attached hydrogen (secondary N) is 2. The molecule has 20 heavy (non-hydrogen) atoms. The Morgan fingerprint density at radius 2 is 1.90 bits per heavy atom. The van der Waals surface area contributed by atoms with Crippen LogP contribution < -0.4 is 5.32 Å². The average Bonchev–Trinajstić information content (AvgIpc) is 2.70. The Balaban J connectivity index is 2.79. The molecule has 0 aliphatic carbocycles. The van der Waals surface area contributed by atoms with Crippen LogP contribution in [0.1, 0.15) is 65.2 Å². The van der Waals surface area contributed by atoms with Gasteiger partial charge in [0.25, 0.3) is 5.91 Å². The van der Waals surface area contributed by atoms with E-state index in [9.17, 15) is 9.59 Å². The lowest BCUT2D eigenvalue weighted by Gasteiger charge is -2.05. The number of hydrogen-bond donors (Lipinski definition) is 2. The van der Waals surface area contributed by atoms with Crippen molar-refractivity contribution in [1.82, 2.24) is 10.3 Å². The fourth-order valence-electron chi connectivity index (χ4n) is 2.15. The number of rotatable bonds is 7. The molecule has 0 aliphatic rings. The van der Waals surface area contributed by atoms with E-state index in [1.807, 2.05) is 0 Å². The van der Waals surface area contributed by atoms with E-state index in [2.05, 4.69) is 17.2 Å². The summed E-state index contributed by atoms with van der Waals surface area (Å²) in [7, 11) is 0. The second-order valence-corrected chi connectivity index (χ2v) is 4.81. The van der Waals surface area contributed by atoms with Crippen molar-refractivity contribution >= 4 is 11.9 Å². The summed E-state index contributed by atoms with van der Waals surface area (Å²) < 4.78 is 5.01. The topological polar surface area (TPSA) is 71.2 Å². The van der Waals surface area contributed by atoms with Crippen LogP contribution in [0.2, 0.25) is 0 Å². The molecule has 1 amide bonds. The van der Waals surface area contributed by atoms with E-state index < -0.39 is 0 Å². The van der Waals surface area contributed by atoms with Crippen LogP contribution in [0.25, 0.3) is 0 Å². The zero-order valence-corrected chi connectivity index (χ0v) is 12.8. The molecule has 2 N–H and O–H groups in total. The van der Waals surface area contributed by atoms with Crippen LogP contribution in [0.5, 0.6) is 0 Å². The van der Waals surface area contributed by atoms with Crippen LogP contribution in [0, 0.1) is 13.8 Å². The van der Waals surface area contributed by atoms with Gasteiger partial charge in [-0.15, -0.1) is 0 Å². The van der Waals surface area contributed by atoms with Crippen molar-refractivity contribution in [3.8, 4) is 0 Å². The number of carbonyl (C=O) groups excluding carboxylic acids is 2. The first kappa shape index (κ1) is 16.3. The number of hydrogen-bond acceptors (Lipinski definition) is 3. The molecule has 0 spiro atoms. The van der Waals surface area contributed by atoms with E-state index in [0.717, 1.165) is 19.3 Å². The highest BCUT2D eigenvalue weighted by Crippen LogP contribution is 2.19. The number of aromatic amines is 1. The molecule has 1 aromatic rings. The maximum atomic E-state index is 12.1. The third kappa shape index (κ3) is 3.85. The number of amides is 1. The molecule has 0 radical (unpaired) electrons. The number of ether oxygens (including phenoxy) is 1. The number of esters is 1. The molecule has 1 aromatic heterocycles. The number of H-pyrrole nitrogens is 1. The smallest absolute Gasteiger partial charge is 0.340 e. The van der Waals surface area contributed by atoms with Gasteiger partial charge in [-0.2, -0.15) is 0 Å². The van der Waals surface area contributed by atoms with Crippen LogP contribution in [0.15, 0.2) is 0 Å². The molecule has 0 saturated carbocycles. The van der Waals surface area contributed by atoms with Crippen LogP contribution >= 0.6 is 0 Å². The van der Waals surface area contributed by atoms with Gasteiger partial charge >= 0.3 is 5.97 Å². The van der Waals surface area contributed by atoms with Crippen LogP contribution in [-0.2, 0) is 4.74 Å². The van der Waals surface area contributed by atoms with E-state index in [1.54, 1.807) is 20.8 Å². The second kappa shape index (κ2) is 7.72. The largest absolute Gasteiger partial charge is 0.462 e. The Morgan fingerprint density at radius 3 is 2.50 bits per heavy atom. The number of aryl methyl sites for hydroxylation is 1. The lowest BCUT2D eigenvalue weighted by Crippen LogP contribution is -2.25. The fraction of sp³-hybridized carbons (Fsp3) is 0.600. The highest BCUT2D eigenvalue weighted by molar-refractivity contribution is 6.00. The average molecular weight is 280 g/mol. The second-order valence-electron chi connectivity index (χ2n) is 4.81. The summed E-state index contributed by atoms with van der Waals surface area (Å²) in [5.41, 5.74) is 2.22. The monoisotopic (exact) mass is 280 g/mol. The molecular formula is C15H24N2O3. The fourth-order valence-corrected chi connectivity index (χ4v) is 2.15. The van der Waals surface area contributed by atoms with Crippen LogP contribution in [0.3, 0.4) is 0 Å². The van der Waals surface area contributed by atoms with Gasteiger partial charge in [0.05, 0.1) is 12.2 Å². The van der Waals surface area contributed by atoms with E-state index in [4.69, 9.17) is 4.74 Å². The Kier molecular flexibility index (Phi) is 6.28. The first-order valence-corrected chi connectivity index (χ1v) is 7.17. The summed E-state index contributed by atoms with van der Waals surface area (Å²) >= 11 is 0. The maximum absolute atomic E-state index is 12.1. The predicted octanol–water partition coefficient (Wildman–Crippen LogP) is 2.73. The molecule has 0 saturated heterocycles. The zero-order chi connectivity index (χ0) is 15.1. The minimum absolute atomic E-state index is 0.169. The Hall–Kier alpha value is -1.78. The number of carbonyl (C=O) groups is 2. The molecule has 0 atom stereocenters. The molecular weight excluding hydrogens is 256 g/mol. The van der Waals surface area contributed by atoms with Crippen molar-refractivity contribution in [2.24, 2.45) is 0 Å². The van der Waals surface area contributed by atoms with Crippen LogP contribution in [-0.4, -0.2) is 30.0 Å². The summed E-state index contributed by atoms with van der Waals surface area (Å²) in [5.74, 6) is -0.555. The molecule has 0 aliphatic heterocycles. The first-order valence-electron chi connectivity index (χ1n) is 7.17. The van der Waals surface area contributed by atoms with Gasteiger partial charge in [-0.05, 0) is 32.8 Å². The third-order valence-electron chi connectivity index (χ3n) is 3.21. The van der Waals surface area contributed by atoms with Crippen molar-refractivity contribution in [1.29, 1.82) is 0 Å². The van der Waals surface area contributed by atoms with E-state index in [1.165, 1.54) is 0 Å².